The summed E-state index contributed by atoms with van der Waals surface area (Å²) >= 11 is 0. The Balaban J connectivity index is 1.66. The van der Waals surface area contributed by atoms with Crippen LogP contribution in [0.3, 0.4) is 0 Å². The minimum absolute atomic E-state index is 0.00320. The van der Waals surface area contributed by atoms with Crippen LogP contribution in [0.25, 0.3) is 0 Å². The van der Waals surface area contributed by atoms with Gasteiger partial charge in [-0.1, -0.05) is 6.92 Å². The lowest BCUT2D eigenvalue weighted by molar-refractivity contribution is -0.147. The third kappa shape index (κ3) is 3.08. The topological polar surface area (TPSA) is 80.3 Å². The second-order valence-electron chi connectivity index (χ2n) is 5.74. The van der Waals surface area contributed by atoms with Gasteiger partial charge in [0.2, 0.25) is 0 Å². The third-order valence-corrected chi connectivity index (χ3v) is 4.01. The van der Waals surface area contributed by atoms with E-state index in [1.54, 1.807) is 0 Å². The molecule has 0 spiro atoms. The Bertz CT molecular complexity index is 504. The molecular formula is C14H22N4O3. The van der Waals surface area contributed by atoms with Gasteiger partial charge in [0.1, 0.15) is 24.1 Å². The van der Waals surface area contributed by atoms with Crippen molar-refractivity contribution in [2.75, 3.05) is 19.7 Å². The number of esters is 1. The molecule has 1 N–H and O–H groups in total. The fraction of sp³-hybridized carbons (Fsp3) is 0.786. The molecule has 3 atom stereocenters. The van der Waals surface area contributed by atoms with Crippen molar-refractivity contribution in [2.24, 2.45) is 0 Å². The van der Waals surface area contributed by atoms with Crippen LogP contribution in [0.2, 0.25) is 0 Å². The predicted octanol–water partition coefficient (Wildman–Crippen LogP) is 0.834. The zero-order valence-corrected chi connectivity index (χ0v) is 12.5. The lowest BCUT2D eigenvalue weighted by Crippen LogP contribution is -2.46. The second kappa shape index (κ2) is 6.11. The molecule has 0 saturated carbocycles. The quantitative estimate of drug-likeness (QED) is 0.829. The first-order valence-corrected chi connectivity index (χ1v) is 7.64. The summed E-state index contributed by atoms with van der Waals surface area (Å²) in [7, 11) is 0. The number of aromatic amines is 1. The van der Waals surface area contributed by atoms with Crippen molar-refractivity contribution >= 4 is 5.97 Å². The summed E-state index contributed by atoms with van der Waals surface area (Å²) in [6.45, 7) is 6.00. The SMILES string of the molecule is CCCc1nc([C@@H]2CN([C@@H]3C[C@H](C)OC3=O)CCO2)n[nH]1. The number of rotatable bonds is 4. The Morgan fingerprint density at radius 3 is 3.05 bits per heavy atom. The van der Waals surface area contributed by atoms with E-state index in [2.05, 4.69) is 27.0 Å². The Kier molecular flexibility index (Phi) is 4.21. The standard InChI is InChI=1S/C14H22N4O3/c1-3-4-12-15-13(17-16-12)11-8-18(5-6-20-11)10-7-9(2)21-14(10)19/h9-11H,3-8H2,1-2H3,(H,15,16,17)/t9-,10+,11-/m0/s1. The number of ether oxygens (including phenoxy) is 2. The van der Waals surface area contributed by atoms with Crippen LogP contribution in [0, 0.1) is 0 Å². The molecule has 0 amide bonds. The highest BCUT2D eigenvalue weighted by molar-refractivity contribution is 5.78. The van der Waals surface area contributed by atoms with Crippen molar-refractivity contribution in [3.05, 3.63) is 11.6 Å². The molecule has 0 radical (unpaired) electrons. The monoisotopic (exact) mass is 294 g/mol. The van der Waals surface area contributed by atoms with E-state index >= 15 is 0 Å². The van der Waals surface area contributed by atoms with E-state index in [-0.39, 0.29) is 24.2 Å². The number of hydrogen-bond acceptors (Lipinski definition) is 6. The average molecular weight is 294 g/mol. The normalized spacial score (nSPS) is 30.6. The molecule has 0 aromatic carbocycles. The average Bonchev–Trinajstić information content (AvgIpc) is 3.06. The van der Waals surface area contributed by atoms with Crippen molar-refractivity contribution < 1.29 is 14.3 Å². The first kappa shape index (κ1) is 14.5. The summed E-state index contributed by atoms with van der Waals surface area (Å²) in [6, 6.07) is -0.152. The molecule has 7 nitrogen and oxygen atoms in total. The second-order valence-corrected chi connectivity index (χ2v) is 5.74. The molecule has 21 heavy (non-hydrogen) atoms. The number of nitrogens with one attached hydrogen (secondary N) is 1. The van der Waals surface area contributed by atoms with Crippen molar-refractivity contribution in [1.82, 2.24) is 20.1 Å². The Morgan fingerprint density at radius 2 is 2.33 bits per heavy atom. The summed E-state index contributed by atoms with van der Waals surface area (Å²) in [5.41, 5.74) is 0. The van der Waals surface area contributed by atoms with Gasteiger partial charge in [-0.05, 0) is 13.3 Å². The fourth-order valence-electron chi connectivity index (χ4n) is 2.94. The van der Waals surface area contributed by atoms with Crippen molar-refractivity contribution in [2.45, 2.75) is 51.4 Å². The van der Waals surface area contributed by atoms with Crippen LogP contribution in [0.5, 0.6) is 0 Å². The van der Waals surface area contributed by atoms with Crippen LogP contribution >= 0.6 is 0 Å². The number of aryl methyl sites for hydroxylation is 1. The molecular weight excluding hydrogens is 272 g/mol. The Labute approximate surface area is 124 Å². The number of carbonyl (C=O) groups excluding carboxylic acids is 1. The number of nitrogens with zero attached hydrogens (tertiary/aromatic N) is 3. The zero-order valence-electron chi connectivity index (χ0n) is 12.5. The summed E-state index contributed by atoms with van der Waals surface area (Å²) < 4.78 is 11.0. The lowest BCUT2D eigenvalue weighted by atomic mass is 10.1. The summed E-state index contributed by atoms with van der Waals surface area (Å²) in [5, 5.41) is 7.20. The molecule has 2 aliphatic rings. The molecule has 1 aromatic rings. The van der Waals surface area contributed by atoms with Crippen LogP contribution in [0.1, 0.15) is 44.4 Å². The van der Waals surface area contributed by atoms with Gasteiger partial charge in [-0.15, -0.1) is 0 Å². The molecule has 3 heterocycles. The third-order valence-electron chi connectivity index (χ3n) is 4.01. The molecule has 2 fully saturated rings. The summed E-state index contributed by atoms with van der Waals surface area (Å²) in [6.07, 6.45) is 2.49. The fourth-order valence-corrected chi connectivity index (χ4v) is 2.94. The van der Waals surface area contributed by atoms with Crippen LogP contribution in [0.4, 0.5) is 0 Å². The van der Waals surface area contributed by atoms with E-state index in [0.717, 1.165) is 31.6 Å². The number of aromatic nitrogens is 3. The maximum absolute atomic E-state index is 11.9. The van der Waals surface area contributed by atoms with Gasteiger partial charge in [-0.3, -0.25) is 14.8 Å². The first-order valence-electron chi connectivity index (χ1n) is 7.64. The van der Waals surface area contributed by atoms with E-state index in [4.69, 9.17) is 9.47 Å². The Hall–Kier alpha value is -1.47. The van der Waals surface area contributed by atoms with Crippen LogP contribution in [-0.4, -0.2) is 57.9 Å². The highest BCUT2D eigenvalue weighted by atomic mass is 16.6. The highest BCUT2D eigenvalue weighted by Gasteiger charge is 2.39. The maximum atomic E-state index is 11.9. The minimum Gasteiger partial charge on any atom is -0.461 e. The van der Waals surface area contributed by atoms with Gasteiger partial charge in [0.05, 0.1) is 6.61 Å². The van der Waals surface area contributed by atoms with Crippen LogP contribution in [0.15, 0.2) is 0 Å². The number of carbonyl (C=O) groups is 1. The molecule has 1 aromatic heterocycles. The van der Waals surface area contributed by atoms with Crippen LogP contribution < -0.4 is 0 Å². The van der Waals surface area contributed by atoms with E-state index in [0.29, 0.717) is 19.0 Å². The molecule has 116 valence electrons. The van der Waals surface area contributed by atoms with Gasteiger partial charge in [0.15, 0.2) is 5.82 Å². The van der Waals surface area contributed by atoms with E-state index in [1.165, 1.54) is 0 Å². The molecule has 2 aliphatic heterocycles. The molecule has 7 heteroatoms. The molecule has 0 aliphatic carbocycles. The van der Waals surface area contributed by atoms with E-state index in [9.17, 15) is 4.79 Å². The van der Waals surface area contributed by atoms with Crippen molar-refractivity contribution in [3.63, 3.8) is 0 Å². The molecule has 0 bridgehead atoms. The van der Waals surface area contributed by atoms with E-state index in [1.807, 2.05) is 6.92 Å². The van der Waals surface area contributed by atoms with Gasteiger partial charge < -0.3 is 9.47 Å². The highest BCUT2D eigenvalue weighted by Crippen LogP contribution is 2.26. The van der Waals surface area contributed by atoms with Crippen molar-refractivity contribution in [1.29, 1.82) is 0 Å². The number of hydrogen-bond donors (Lipinski definition) is 1. The molecule has 0 unspecified atom stereocenters. The zero-order chi connectivity index (χ0) is 14.8. The largest absolute Gasteiger partial charge is 0.461 e. The van der Waals surface area contributed by atoms with Crippen LogP contribution in [-0.2, 0) is 20.7 Å². The molecule has 3 rings (SSSR count). The maximum Gasteiger partial charge on any atom is 0.323 e. The number of cyclic esters (lactones) is 1. The number of H-pyrrole nitrogens is 1. The minimum atomic E-state index is -0.177. The number of morpholine rings is 1. The molecule has 2 saturated heterocycles. The summed E-state index contributed by atoms with van der Waals surface area (Å²) in [4.78, 5) is 18.5. The van der Waals surface area contributed by atoms with Gasteiger partial charge >= 0.3 is 5.97 Å². The lowest BCUT2D eigenvalue weighted by Gasteiger charge is -2.33. The van der Waals surface area contributed by atoms with Gasteiger partial charge in [-0.2, -0.15) is 5.10 Å². The van der Waals surface area contributed by atoms with Gasteiger partial charge in [0.25, 0.3) is 0 Å². The van der Waals surface area contributed by atoms with Gasteiger partial charge in [-0.25, -0.2) is 4.98 Å². The predicted molar refractivity (Wildman–Crippen MR) is 74.6 cm³/mol. The smallest absolute Gasteiger partial charge is 0.323 e. The van der Waals surface area contributed by atoms with E-state index < -0.39 is 0 Å². The summed E-state index contributed by atoms with van der Waals surface area (Å²) in [5.74, 6) is 1.45. The van der Waals surface area contributed by atoms with Gasteiger partial charge in [0, 0.05) is 25.9 Å². The first-order chi connectivity index (χ1) is 10.2. The Morgan fingerprint density at radius 1 is 1.48 bits per heavy atom. The van der Waals surface area contributed by atoms with Crippen molar-refractivity contribution in [3.8, 4) is 0 Å².